The van der Waals surface area contributed by atoms with Crippen LogP contribution in [0.15, 0.2) is 30.3 Å². The number of aromatic amines is 1. The van der Waals surface area contributed by atoms with Crippen molar-refractivity contribution in [3.8, 4) is 5.75 Å². The normalized spacial score (nSPS) is 10.1. The molecule has 0 saturated carbocycles. The summed E-state index contributed by atoms with van der Waals surface area (Å²) in [5.41, 5.74) is -0.112. The van der Waals surface area contributed by atoms with E-state index in [1.807, 2.05) is 0 Å². The summed E-state index contributed by atoms with van der Waals surface area (Å²) in [5.74, 6) is -0.997. The molecule has 7 nitrogen and oxygen atoms in total. The molecule has 1 amide bonds. The van der Waals surface area contributed by atoms with Gasteiger partial charge in [0.15, 0.2) is 12.4 Å². The second kappa shape index (κ2) is 6.07. The average Bonchev–Trinajstić information content (AvgIpc) is 2.87. The van der Waals surface area contributed by atoms with Gasteiger partial charge in [-0.2, -0.15) is 5.10 Å². The molecular weight excluding hydrogens is 286 g/mol. The van der Waals surface area contributed by atoms with E-state index >= 15 is 0 Å². The second-order valence-corrected chi connectivity index (χ2v) is 4.20. The van der Waals surface area contributed by atoms with Gasteiger partial charge in [-0.25, -0.2) is 4.79 Å². The highest BCUT2D eigenvalue weighted by molar-refractivity contribution is 6.30. The Labute approximate surface area is 118 Å². The fourth-order valence-electron chi connectivity index (χ4n) is 1.35. The zero-order valence-electron chi connectivity index (χ0n) is 10.1. The van der Waals surface area contributed by atoms with E-state index in [-0.39, 0.29) is 18.1 Å². The number of aromatic nitrogens is 2. The highest BCUT2D eigenvalue weighted by atomic mass is 35.5. The summed E-state index contributed by atoms with van der Waals surface area (Å²) < 4.78 is 5.22. The lowest BCUT2D eigenvalue weighted by molar-refractivity contribution is -0.118. The van der Waals surface area contributed by atoms with Crippen LogP contribution in [0.2, 0.25) is 5.02 Å². The number of hydrogen-bond acceptors (Lipinski definition) is 4. The smallest absolute Gasteiger partial charge is 0.353 e. The first-order valence-corrected chi connectivity index (χ1v) is 5.89. The molecular formula is C12H10ClN3O4. The van der Waals surface area contributed by atoms with Crippen molar-refractivity contribution in [1.29, 1.82) is 0 Å². The number of hydrogen-bond donors (Lipinski definition) is 3. The SMILES string of the molecule is O=C(COc1ccc(Cl)cc1)Nc1cc(C(=O)O)[nH]n1. The first kappa shape index (κ1) is 13.9. The molecule has 0 aliphatic rings. The van der Waals surface area contributed by atoms with Gasteiger partial charge in [0.1, 0.15) is 11.4 Å². The number of amides is 1. The molecule has 0 fully saturated rings. The van der Waals surface area contributed by atoms with Crippen molar-refractivity contribution < 1.29 is 19.4 Å². The molecule has 2 aromatic rings. The molecule has 0 aliphatic heterocycles. The number of anilines is 1. The van der Waals surface area contributed by atoms with Gasteiger partial charge in [0.2, 0.25) is 0 Å². The molecule has 2 rings (SSSR count). The number of carbonyl (C=O) groups is 2. The molecule has 0 spiro atoms. The number of aromatic carboxylic acids is 1. The van der Waals surface area contributed by atoms with Crippen molar-refractivity contribution in [2.75, 3.05) is 11.9 Å². The Bertz CT molecular complexity index is 624. The van der Waals surface area contributed by atoms with Crippen LogP contribution in [0, 0.1) is 0 Å². The van der Waals surface area contributed by atoms with E-state index in [1.165, 1.54) is 6.07 Å². The van der Waals surface area contributed by atoms with Crippen molar-refractivity contribution in [3.05, 3.63) is 41.0 Å². The third-order valence-corrected chi connectivity index (χ3v) is 2.51. The molecule has 1 aromatic carbocycles. The standard InChI is InChI=1S/C12H10ClN3O4/c13-7-1-3-8(4-2-7)20-6-11(17)14-10-5-9(12(18)19)15-16-10/h1-5H,6H2,(H,18,19)(H2,14,15,16,17). The van der Waals surface area contributed by atoms with Crippen LogP contribution >= 0.6 is 11.6 Å². The van der Waals surface area contributed by atoms with Crippen LogP contribution in [0.4, 0.5) is 5.82 Å². The number of rotatable bonds is 5. The number of carboxylic acid groups (broad SMARTS) is 1. The zero-order valence-corrected chi connectivity index (χ0v) is 10.8. The lowest BCUT2D eigenvalue weighted by atomic mass is 10.3. The van der Waals surface area contributed by atoms with Gasteiger partial charge >= 0.3 is 5.97 Å². The number of H-pyrrole nitrogens is 1. The lowest BCUT2D eigenvalue weighted by Gasteiger charge is -2.05. The van der Waals surface area contributed by atoms with Gasteiger partial charge in [-0.05, 0) is 24.3 Å². The van der Waals surface area contributed by atoms with E-state index in [9.17, 15) is 9.59 Å². The number of ether oxygens (including phenoxy) is 1. The minimum absolute atomic E-state index is 0.112. The molecule has 104 valence electrons. The maximum Gasteiger partial charge on any atom is 0.353 e. The zero-order chi connectivity index (χ0) is 14.5. The van der Waals surface area contributed by atoms with Crippen LogP contribution in [0.5, 0.6) is 5.75 Å². The number of benzene rings is 1. The summed E-state index contributed by atoms with van der Waals surface area (Å²) in [4.78, 5) is 22.2. The van der Waals surface area contributed by atoms with Crippen LogP contribution < -0.4 is 10.1 Å². The molecule has 0 unspecified atom stereocenters. The molecule has 1 heterocycles. The Morgan fingerprint density at radius 2 is 2.05 bits per heavy atom. The van der Waals surface area contributed by atoms with Crippen LogP contribution in [0.25, 0.3) is 0 Å². The van der Waals surface area contributed by atoms with Gasteiger partial charge in [-0.3, -0.25) is 9.89 Å². The minimum atomic E-state index is -1.16. The van der Waals surface area contributed by atoms with Gasteiger partial charge in [0, 0.05) is 11.1 Å². The minimum Gasteiger partial charge on any atom is -0.484 e. The molecule has 0 aliphatic carbocycles. The number of nitrogens with one attached hydrogen (secondary N) is 2. The molecule has 3 N–H and O–H groups in total. The van der Waals surface area contributed by atoms with E-state index in [4.69, 9.17) is 21.4 Å². The Morgan fingerprint density at radius 3 is 2.65 bits per heavy atom. The summed E-state index contributed by atoms with van der Waals surface area (Å²) in [6.45, 7) is -0.225. The van der Waals surface area contributed by atoms with Gasteiger partial charge < -0.3 is 15.2 Å². The quantitative estimate of drug-likeness (QED) is 0.780. The Morgan fingerprint density at radius 1 is 1.35 bits per heavy atom. The molecule has 0 bridgehead atoms. The van der Waals surface area contributed by atoms with Gasteiger partial charge in [-0.1, -0.05) is 11.6 Å². The molecule has 0 radical (unpaired) electrons. The summed E-state index contributed by atoms with van der Waals surface area (Å²) in [6, 6.07) is 7.76. The molecule has 8 heteroatoms. The highest BCUT2D eigenvalue weighted by Gasteiger charge is 2.10. The van der Waals surface area contributed by atoms with Crippen molar-refractivity contribution in [2.24, 2.45) is 0 Å². The number of halogens is 1. The third-order valence-electron chi connectivity index (χ3n) is 2.26. The molecule has 0 saturated heterocycles. The van der Waals surface area contributed by atoms with E-state index in [0.29, 0.717) is 10.8 Å². The van der Waals surface area contributed by atoms with Crippen LogP contribution in [-0.4, -0.2) is 33.8 Å². The van der Waals surface area contributed by atoms with Crippen molar-refractivity contribution in [3.63, 3.8) is 0 Å². The summed E-state index contributed by atoms with van der Waals surface area (Å²) in [5, 5.41) is 17.6. The molecule has 0 atom stereocenters. The van der Waals surface area contributed by atoms with Crippen LogP contribution in [0.3, 0.4) is 0 Å². The summed E-state index contributed by atoms with van der Waals surface area (Å²) >= 11 is 5.72. The number of carboxylic acids is 1. The van der Waals surface area contributed by atoms with Gasteiger partial charge in [-0.15, -0.1) is 0 Å². The van der Waals surface area contributed by atoms with Crippen LogP contribution in [-0.2, 0) is 4.79 Å². The monoisotopic (exact) mass is 295 g/mol. The molecule has 1 aromatic heterocycles. The largest absolute Gasteiger partial charge is 0.484 e. The van der Waals surface area contributed by atoms with Crippen LogP contribution in [0.1, 0.15) is 10.5 Å². The van der Waals surface area contributed by atoms with Crippen molar-refractivity contribution in [1.82, 2.24) is 10.2 Å². The first-order valence-electron chi connectivity index (χ1n) is 5.51. The summed E-state index contributed by atoms with van der Waals surface area (Å²) in [6.07, 6.45) is 0. The Hall–Kier alpha value is -2.54. The Balaban J connectivity index is 1.85. The van der Waals surface area contributed by atoms with Crippen molar-refractivity contribution >= 4 is 29.3 Å². The summed E-state index contributed by atoms with van der Waals surface area (Å²) in [7, 11) is 0. The second-order valence-electron chi connectivity index (χ2n) is 3.76. The maximum atomic E-state index is 11.6. The van der Waals surface area contributed by atoms with E-state index in [0.717, 1.165) is 0 Å². The van der Waals surface area contributed by atoms with Crippen molar-refractivity contribution in [2.45, 2.75) is 0 Å². The lowest BCUT2D eigenvalue weighted by Crippen LogP contribution is -2.20. The highest BCUT2D eigenvalue weighted by Crippen LogP contribution is 2.15. The number of nitrogens with zero attached hydrogens (tertiary/aromatic N) is 1. The topological polar surface area (TPSA) is 104 Å². The Kier molecular flexibility index (Phi) is 4.21. The van der Waals surface area contributed by atoms with Gasteiger partial charge in [0.05, 0.1) is 0 Å². The molecule has 20 heavy (non-hydrogen) atoms. The third kappa shape index (κ3) is 3.72. The average molecular weight is 296 g/mol. The predicted octanol–water partition coefficient (Wildman–Crippen LogP) is 1.78. The van der Waals surface area contributed by atoms with E-state index in [2.05, 4.69) is 15.5 Å². The fourth-order valence-corrected chi connectivity index (χ4v) is 1.48. The van der Waals surface area contributed by atoms with E-state index in [1.54, 1.807) is 24.3 Å². The maximum absolute atomic E-state index is 11.6. The predicted molar refractivity (Wildman–Crippen MR) is 71.1 cm³/mol. The first-order chi connectivity index (χ1) is 9.54. The van der Waals surface area contributed by atoms with E-state index < -0.39 is 11.9 Å². The number of carbonyl (C=O) groups excluding carboxylic acids is 1. The fraction of sp³-hybridized carbons (Fsp3) is 0.0833. The van der Waals surface area contributed by atoms with Gasteiger partial charge in [0.25, 0.3) is 5.91 Å².